The molecule has 2 aromatic heterocycles. The first-order valence-electron chi connectivity index (χ1n) is 15.7. The highest BCUT2D eigenvalue weighted by atomic mass is 19.1. The van der Waals surface area contributed by atoms with Gasteiger partial charge in [0.15, 0.2) is 22.5 Å². The molecule has 1 atom stereocenters. The first kappa shape index (κ1) is 37.3. The Bertz CT molecular complexity index is 1840. The number of carboxylic acids is 1. The Balaban J connectivity index is 1.76. The van der Waals surface area contributed by atoms with E-state index in [1.807, 2.05) is 6.07 Å². The fourth-order valence-corrected chi connectivity index (χ4v) is 5.21. The zero-order valence-electron chi connectivity index (χ0n) is 29.5. The van der Waals surface area contributed by atoms with Crippen LogP contribution in [0.2, 0.25) is 0 Å². The van der Waals surface area contributed by atoms with Gasteiger partial charge in [-0.25, -0.2) is 38.5 Å². The molecule has 1 aromatic carbocycles. The number of anilines is 2. The highest BCUT2D eigenvalue weighted by molar-refractivity contribution is 6.12. The molecule has 3 aromatic rings. The van der Waals surface area contributed by atoms with E-state index in [0.717, 1.165) is 12.4 Å². The molecule has 50 heavy (non-hydrogen) atoms. The fourth-order valence-electron chi connectivity index (χ4n) is 5.21. The molecule has 1 unspecified atom stereocenters. The van der Waals surface area contributed by atoms with Crippen LogP contribution in [-0.4, -0.2) is 84.3 Å². The number of halogens is 1. The minimum Gasteiger partial charge on any atom is -0.479 e. The van der Waals surface area contributed by atoms with Crippen LogP contribution in [0.3, 0.4) is 0 Å². The van der Waals surface area contributed by atoms with Gasteiger partial charge >= 0.3 is 24.2 Å². The molecule has 4 rings (SSSR count). The number of hydrogen-bond donors (Lipinski definition) is 2. The lowest BCUT2D eigenvalue weighted by molar-refractivity contribution is -0.143. The summed E-state index contributed by atoms with van der Waals surface area (Å²) < 4.78 is 32.8. The first-order valence-corrected chi connectivity index (χ1v) is 15.7. The lowest BCUT2D eigenvalue weighted by Gasteiger charge is -2.29. The van der Waals surface area contributed by atoms with Crippen molar-refractivity contribution in [1.82, 2.24) is 24.8 Å². The van der Waals surface area contributed by atoms with Gasteiger partial charge in [-0.15, -0.1) is 0 Å². The second kappa shape index (κ2) is 13.4. The number of imidazole rings is 1. The topological polar surface area (TPSA) is 202 Å². The molecule has 0 aliphatic carbocycles. The molecule has 1 saturated heterocycles. The van der Waals surface area contributed by atoms with Gasteiger partial charge in [-0.05, 0) is 74.4 Å². The van der Waals surface area contributed by atoms with Crippen molar-refractivity contribution in [3.63, 3.8) is 0 Å². The Kier molecular flexibility index (Phi) is 10.0. The van der Waals surface area contributed by atoms with Crippen LogP contribution in [0.5, 0.6) is 0 Å². The Hall–Kier alpha value is -5.53. The van der Waals surface area contributed by atoms with Crippen LogP contribution in [0, 0.1) is 17.1 Å². The second-order valence-electron chi connectivity index (χ2n) is 14.8. The van der Waals surface area contributed by atoms with Gasteiger partial charge in [0.2, 0.25) is 0 Å². The third kappa shape index (κ3) is 8.36. The van der Waals surface area contributed by atoms with Gasteiger partial charge in [-0.2, -0.15) is 10.2 Å². The van der Waals surface area contributed by atoms with E-state index in [-0.39, 0.29) is 54.2 Å². The van der Waals surface area contributed by atoms with Gasteiger partial charge < -0.3 is 34.1 Å². The number of benzene rings is 1. The van der Waals surface area contributed by atoms with Crippen LogP contribution < -0.4 is 15.1 Å². The van der Waals surface area contributed by atoms with Crippen LogP contribution >= 0.6 is 0 Å². The number of fused-ring (bicyclic) bond motifs is 1. The average Bonchev–Trinajstić information content (AvgIpc) is 3.56. The SMILES string of the molecule is CC(C)(C)OC(=O)NC1(C(=O)O)CCN(c2ccc(F)c(C#N)c2Cn2cnc3c(N(C(=O)OC(C)(C)C)C(=O)OC(C)(C)C)ncnc32)C1. The molecule has 268 valence electrons. The number of carbonyl (C=O) groups excluding carboxylic acids is 3. The number of imide groups is 1. The maximum atomic E-state index is 15.1. The molecule has 1 aliphatic heterocycles. The number of hydrogen-bond acceptors (Lipinski definition) is 12. The second-order valence-corrected chi connectivity index (χ2v) is 14.8. The fraction of sp³-hybridized carbons (Fsp3) is 0.515. The van der Waals surface area contributed by atoms with Crippen molar-refractivity contribution in [2.24, 2.45) is 0 Å². The number of nitriles is 1. The van der Waals surface area contributed by atoms with Crippen molar-refractivity contribution in [2.75, 3.05) is 22.9 Å². The summed E-state index contributed by atoms with van der Waals surface area (Å²) in [6.45, 7) is 14.4. The third-order valence-corrected chi connectivity index (χ3v) is 7.18. The summed E-state index contributed by atoms with van der Waals surface area (Å²) >= 11 is 0. The Morgan fingerprint density at radius 2 is 1.58 bits per heavy atom. The largest absolute Gasteiger partial charge is 0.479 e. The molecule has 3 heterocycles. The molecule has 1 fully saturated rings. The molecule has 0 spiro atoms. The van der Waals surface area contributed by atoms with Crippen LogP contribution in [0.4, 0.5) is 30.3 Å². The van der Waals surface area contributed by atoms with E-state index in [0.29, 0.717) is 10.6 Å². The molecule has 0 radical (unpaired) electrons. The molecule has 1 aliphatic rings. The maximum Gasteiger partial charge on any atom is 0.425 e. The summed E-state index contributed by atoms with van der Waals surface area (Å²) in [5.74, 6) is -2.35. The number of aliphatic carboxylic acids is 1. The van der Waals surface area contributed by atoms with Gasteiger partial charge in [0.1, 0.15) is 35.0 Å². The molecule has 17 heteroatoms. The van der Waals surface area contributed by atoms with Crippen LogP contribution in [0.15, 0.2) is 24.8 Å². The maximum absolute atomic E-state index is 15.1. The number of ether oxygens (including phenoxy) is 3. The summed E-state index contributed by atoms with van der Waals surface area (Å²) in [4.78, 5) is 66.8. The van der Waals surface area contributed by atoms with Crippen molar-refractivity contribution in [1.29, 1.82) is 5.26 Å². The Morgan fingerprint density at radius 1 is 0.980 bits per heavy atom. The van der Waals surface area contributed by atoms with Crippen molar-refractivity contribution in [2.45, 2.75) is 97.6 Å². The molecule has 0 bridgehead atoms. The normalized spacial score (nSPS) is 16.5. The highest BCUT2D eigenvalue weighted by Crippen LogP contribution is 2.34. The summed E-state index contributed by atoms with van der Waals surface area (Å²) in [6, 6.07) is 4.41. The minimum absolute atomic E-state index is 0.00620. The Morgan fingerprint density at radius 3 is 2.12 bits per heavy atom. The van der Waals surface area contributed by atoms with Crippen molar-refractivity contribution >= 4 is 46.9 Å². The lowest BCUT2D eigenvalue weighted by atomic mass is 9.99. The van der Waals surface area contributed by atoms with E-state index in [2.05, 4.69) is 20.3 Å². The molecule has 3 amide bonds. The molecule has 16 nitrogen and oxygen atoms in total. The monoisotopic (exact) mass is 696 g/mol. The predicted molar refractivity (Wildman–Crippen MR) is 177 cm³/mol. The van der Waals surface area contributed by atoms with E-state index in [1.165, 1.54) is 17.0 Å². The Labute approximate surface area is 288 Å². The van der Waals surface area contributed by atoms with E-state index in [9.17, 15) is 29.5 Å². The number of aromatic nitrogens is 4. The van der Waals surface area contributed by atoms with Crippen LogP contribution in [0.1, 0.15) is 79.9 Å². The number of carbonyl (C=O) groups is 4. The zero-order valence-corrected chi connectivity index (χ0v) is 29.5. The lowest BCUT2D eigenvalue weighted by Crippen LogP contribution is -2.57. The average molecular weight is 697 g/mol. The summed E-state index contributed by atoms with van der Waals surface area (Å²) in [5, 5.41) is 22.7. The van der Waals surface area contributed by atoms with Crippen molar-refractivity contribution < 1.29 is 42.9 Å². The smallest absolute Gasteiger partial charge is 0.425 e. The van der Waals surface area contributed by atoms with E-state index in [1.54, 1.807) is 67.2 Å². The number of nitrogens with zero attached hydrogens (tertiary/aromatic N) is 7. The summed E-state index contributed by atoms with van der Waals surface area (Å²) in [5.41, 5.74) is -4.29. The van der Waals surface area contributed by atoms with Gasteiger partial charge in [0, 0.05) is 24.2 Å². The highest BCUT2D eigenvalue weighted by Gasteiger charge is 2.48. The van der Waals surface area contributed by atoms with Gasteiger partial charge in [0.25, 0.3) is 0 Å². The van der Waals surface area contributed by atoms with Crippen molar-refractivity contribution in [3.8, 4) is 6.07 Å². The van der Waals surface area contributed by atoms with Crippen molar-refractivity contribution in [3.05, 3.63) is 41.7 Å². The van der Waals surface area contributed by atoms with E-state index < -0.39 is 52.4 Å². The number of nitrogens with one attached hydrogen (secondary N) is 1. The number of carboxylic acid groups (broad SMARTS) is 1. The summed E-state index contributed by atoms with van der Waals surface area (Å²) in [6.07, 6.45) is -0.662. The standard InChI is InChI=1S/C33H41FN8O8/c1-30(2,3)48-27(45)39-33(26(43)44)12-13-40(16-33)22-11-10-21(34)19(14-35)20(22)15-41-18-38-23-24(41)36-17-37-25(23)42(28(46)49-31(4,5)6)29(47)50-32(7,8)9/h10-11,17-18H,12-13,15-16H2,1-9H3,(H,39,45)(H,43,44). The van der Waals surface area contributed by atoms with Gasteiger partial charge in [-0.3, -0.25) is 0 Å². The van der Waals surface area contributed by atoms with Gasteiger partial charge in [0.05, 0.1) is 25.0 Å². The van der Waals surface area contributed by atoms with Crippen LogP contribution in [0.25, 0.3) is 11.2 Å². The van der Waals surface area contributed by atoms with E-state index >= 15 is 4.39 Å². The predicted octanol–water partition coefficient (Wildman–Crippen LogP) is 5.12. The van der Waals surface area contributed by atoms with Crippen LogP contribution in [-0.2, 0) is 25.5 Å². The van der Waals surface area contributed by atoms with Gasteiger partial charge in [-0.1, -0.05) is 0 Å². The number of rotatable bonds is 6. The minimum atomic E-state index is -1.74. The number of alkyl carbamates (subject to hydrolysis) is 1. The molecule has 0 saturated carbocycles. The molecular formula is C33H41FN8O8. The van der Waals surface area contributed by atoms with E-state index in [4.69, 9.17) is 14.2 Å². The zero-order chi connectivity index (χ0) is 37.4. The quantitative estimate of drug-likeness (QED) is 0.322. The third-order valence-electron chi connectivity index (χ3n) is 7.18. The molecule has 2 N–H and O–H groups in total. The molecular weight excluding hydrogens is 655 g/mol. The first-order chi connectivity index (χ1) is 23.0. The number of amides is 3. The summed E-state index contributed by atoms with van der Waals surface area (Å²) in [7, 11) is 0.